The summed E-state index contributed by atoms with van der Waals surface area (Å²) in [5.74, 6) is -0.0671. The van der Waals surface area contributed by atoms with Crippen molar-refractivity contribution in [3.63, 3.8) is 0 Å². The van der Waals surface area contributed by atoms with Gasteiger partial charge in [0.25, 0.3) is 0 Å². The lowest BCUT2D eigenvalue weighted by molar-refractivity contribution is -0.120. The summed E-state index contributed by atoms with van der Waals surface area (Å²) in [6.07, 6.45) is 0.0293. The Bertz CT molecular complexity index is 639. The van der Waals surface area contributed by atoms with Crippen LogP contribution in [0.25, 0.3) is 0 Å². The molecule has 0 fully saturated rings. The summed E-state index contributed by atoms with van der Waals surface area (Å²) in [4.78, 5) is 11.8. The van der Waals surface area contributed by atoms with Gasteiger partial charge in [0.2, 0.25) is 5.91 Å². The SMILES string of the molecule is CC(C)CS(=O)(=O)CCC(=O)NCc1ccc2c(c1)CNC2. The minimum Gasteiger partial charge on any atom is -0.352 e. The van der Waals surface area contributed by atoms with E-state index >= 15 is 0 Å². The van der Waals surface area contributed by atoms with E-state index in [0.29, 0.717) is 6.54 Å². The molecule has 122 valence electrons. The molecule has 6 heteroatoms. The van der Waals surface area contributed by atoms with Crippen LogP contribution in [0.5, 0.6) is 0 Å². The van der Waals surface area contributed by atoms with Crippen LogP contribution >= 0.6 is 0 Å². The largest absolute Gasteiger partial charge is 0.352 e. The van der Waals surface area contributed by atoms with E-state index in [4.69, 9.17) is 0 Å². The zero-order chi connectivity index (χ0) is 16.2. The van der Waals surface area contributed by atoms with Gasteiger partial charge in [-0.25, -0.2) is 8.42 Å². The van der Waals surface area contributed by atoms with Crippen molar-refractivity contribution >= 4 is 15.7 Å². The number of hydrogen-bond acceptors (Lipinski definition) is 4. The fourth-order valence-corrected chi connectivity index (χ4v) is 4.27. The smallest absolute Gasteiger partial charge is 0.221 e. The van der Waals surface area contributed by atoms with Crippen molar-refractivity contribution in [1.82, 2.24) is 10.6 Å². The molecule has 2 N–H and O–H groups in total. The highest BCUT2D eigenvalue weighted by atomic mass is 32.2. The number of nitrogens with one attached hydrogen (secondary N) is 2. The average molecular weight is 324 g/mol. The third-order valence-electron chi connectivity index (χ3n) is 3.62. The van der Waals surface area contributed by atoms with Gasteiger partial charge in [-0.15, -0.1) is 0 Å². The van der Waals surface area contributed by atoms with Crippen molar-refractivity contribution in [2.24, 2.45) is 5.92 Å². The Morgan fingerprint density at radius 1 is 1.27 bits per heavy atom. The second kappa shape index (κ2) is 7.24. The molecule has 0 saturated carbocycles. The van der Waals surface area contributed by atoms with Gasteiger partial charge in [0, 0.05) is 26.1 Å². The van der Waals surface area contributed by atoms with Gasteiger partial charge in [0.1, 0.15) is 0 Å². The summed E-state index contributed by atoms with van der Waals surface area (Å²) in [5.41, 5.74) is 3.61. The first-order valence-corrected chi connectivity index (χ1v) is 9.46. The fraction of sp³-hybridized carbons (Fsp3) is 0.562. The van der Waals surface area contributed by atoms with Crippen LogP contribution < -0.4 is 10.6 Å². The molecule has 1 aromatic carbocycles. The monoisotopic (exact) mass is 324 g/mol. The number of fused-ring (bicyclic) bond motifs is 1. The number of carbonyl (C=O) groups is 1. The van der Waals surface area contributed by atoms with Gasteiger partial charge in [-0.2, -0.15) is 0 Å². The van der Waals surface area contributed by atoms with Crippen LogP contribution in [-0.4, -0.2) is 25.8 Å². The summed E-state index contributed by atoms with van der Waals surface area (Å²) in [7, 11) is -3.14. The maximum Gasteiger partial charge on any atom is 0.221 e. The second-order valence-corrected chi connectivity index (χ2v) is 8.47. The molecule has 0 aliphatic carbocycles. The molecule has 1 aromatic rings. The van der Waals surface area contributed by atoms with E-state index in [9.17, 15) is 13.2 Å². The van der Waals surface area contributed by atoms with Gasteiger partial charge in [0.15, 0.2) is 9.84 Å². The van der Waals surface area contributed by atoms with Crippen LogP contribution in [-0.2, 0) is 34.3 Å². The summed E-state index contributed by atoms with van der Waals surface area (Å²) in [5, 5.41) is 6.07. The van der Waals surface area contributed by atoms with Crippen LogP contribution in [0, 0.1) is 5.92 Å². The lowest BCUT2D eigenvalue weighted by Gasteiger charge is -2.09. The zero-order valence-corrected chi connectivity index (χ0v) is 14.0. The first kappa shape index (κ1) is 17.0. The molecule has 1 heterocycles. The Morgan fingerprint density at radius 3 is 2.73 bits per heavy atom. The highest BCUT2D eigenvalue weighted by molar-refractivity contribution is 7.91. The van der Waals surface area contributed by atoms with Crippen molar-refractivity contribution in [3.8, 4) is 0 Å². The lowest BCUT2D eigenvalue weighted by atomic mass is 10.1. The predicted octanol–water partition coefficient (Wildman–Crippen LogP) is 1.37. The Hall–Kier alpha value is -1.40. The van der Waals surface area contributed by atoms with Crippen molar-refractivity contribution < 1.29 is 13.2 Å². The molecule has 0 aromatic heterocycles. The third-order valence-corrected chi connectivity index (χ3v) is 5.62. The molecule has 0 radical (unpaired) electrons. The Kier molecular flexibility index (Phi) is 5.58. The van der Waals surface area contributed by atoms with Gasteiger partial charge in [-0.1, -0.05) is 32.0 Å². The molecule has 1 aliphatic rings. The zero-order valence-electron chi connectivity index (χ0n) is 13.2. The number of rotatable bonds is 7. The molecule has 0 bridgehead atoms. The van der Waals surface area contributed by atoms with Crippen molar-refractivity contribution in [1.29, 1.82) is 0 Å². The number of sulfone groups is 1. The van der Waals surface area contributed by atoms with E-state index in [1.807, 2.05) is 19.9 Å². The van der Waals surface area contributed by atoms with Gasteiger partial charge >= 0.3 is 0 Å². The first-order valence-electron chi connectivity index (χ1n) is 7.64. The van der Waals surface area contributed by atoms with Crippen LogP contribution in [0.3, 0.4) is 0 Å². The average Bonchev–Trinajstić information content (AvgIpc) is 2.89. The summed E-state index contributed by atoms with van der Waals surface area (Å²) >= 11 is 0. The third kappa shape index (κ3) is 5.10. The molecule has 0 atom stereocenters. The van der Waals surface area contributed by atoms with Gasteiger partial charge in [-0.05, 0) is 22.6 Å². The molecule has 1 aliphatic heterocycles. The summed E-state index contributed by atoms with van der Waals surface area (Å²) < 4.78 is 23.5. The van der Waals surface area contributed by atoms with E-state index in [-0.39, 0.29) is 29.8 Å². The number of amides is 1. The van der Waals surface area contributed by atoms with Gasteiger partial charge in [0.05, 0.1) is 11.5 Å². The van der Waals surface area contributed by atoms with Crippen molar-refractivity contribution in [2.75, 3.05) is 11.5 Å². The molecule has 2 rings (SSSR count). The van der Waals surface area contributed by atoms with E-state index in [2.05, 4.69) is 22.8 Å². The Balaban J connectivity index is 1.78. The van der Waals surface area contributed by atoms with E-state index in [1.165, 1.54) is 11.1 Å². The summed E-state index contributed by atoms with van der Waals surface area (Å²) in [6.45, 7) is 5.93. The normalized spacial score (nSPS) is 14.1. The molecule has 0 spiro atoms. The minimum absolute atomic E-state index is 0.0293. The van der Waals surface area contributed by atoms with E-state index < -0.39 is 9.84 Å². The highest BCUT2D eigenvalue weighted by Gasteiger charge is 2.15. The molecule has 22 heavy (non-hydrogen) atoms. The first-order chi connectivity index (χ1) is 10.4. The number of hydrogen-bond donors (Lipinski definition) is 2. The molecule has 1 amide bonds. The van der Waals surface area contributed by atoms with Crippen LogP contribution in [0.1, 0.15) is 37.0 Å². The maximum atomic E-state index is 11.8. The molecular formula is C16H24N2O3S. The molecule has 0 unspecified atom stereocenters. The maximum absolute atomic E-state index is 11.8. The quantitative estimate of drug-likeness (QED) is 0.794. The van der Waals surface area contributed by atoms with Crippen LogP contribution in [0.2, 0.25) is 0 Å². The molecule has 0 saturated heterocycles. The molecular weight excluding hydrogens is 300 g/mol. The van der Waals surface area contributed by atoms with Gasteiger partial charge in [-0.3, -0.25) is 4.79 Å². The van der Waals surface area contributed by atoms with Crippen molar-refractivity contribution in [2.45, 2.75) is 39.9 Å². The van der Waals surface area contributed by atoms with Gasteiger partial charge < -0.3 is 10.6 Å². The van der Waals surface area contributed by atoms with E-state index in [1.54, 1.807) is 0 Å². The van der Waals surface area contributed by atoms with E-state index in [0.717, 1.165) is 18.7 Å². The Morgan fingerprint density at radius 2 is 2.00 bits per heavy atom. The standard InChI is InChI=1S/C16H24N2O3S/c1-12(2)11-22(20,21)6-5-16(19)18-8-13-3-4-14-9-17-10-15(14)7-13/h3-4,7,12,17H,5-6,8-11H2,1-2H3,(H,18,19). The van der Waals surface area contributed by atoms with Crippen molar-refractivity contribution in [3.05, 3.63) is 34.9 Å². The predicted molar refractivity (Wildman–Crippen MR) is 86.9 cm³/mol. The number of benzene rings is 1. The second-order valence-electron chi connectivity index (χ2n) is 6.24. The highest BCUT2D eigenvalue weighted by Crippen LogP contribution is 2.16. The topological polar surface area (TPSA) is 75.3 Å². The van der Waals surface area contributed by atoms with Crippen LogP contribution in [0.15, 0.2) is 18.2 Å². The Labute approximate surface area is 132 Å². The fourth-order valence-electron chi connectivity index (χ4n) is 2.59. The number of carbonyl (C=O) groups excluding carboxylic acids is 1. The lowest BCUT2D eigenvalue weighted by Crippen LogP contribution is -2.26. The minimum atomic E-state index is -3.14. The van der Waals surface area contributed by atoms with Crippen LogP contribution in [0.4, 0.5) is 0 Å². The molecule has 5 nitrogen and oxygen atoms in total. The summed E-state index contributed by atoms with van der Waals surface area (Å²) in [6, 6.07) is 6.16.